The van der Waals surface area contributed by atoms with Crippen LogP contribution in [0.1, 0.15) is 41.8 Å². The molecule has 8 nitrogen and oxygen atoms in total. The molecule has 0 atom stereocenters. The number of hydrogen-bond donors (Lipinski definition) is 2. The van der Waals surface area contributed by atoms with Gasteiger partial charge in [-0.05, 0) is 30.5 Å². The molecule has 1 aliphatic rings. The van der Waals surface area contributed by atoms with E-state index in [1.54, 1.807) is 42.5 Å². The molecule has 2 aromatic rings. The summed E-state index contributed by atoms with van der Waals surface area (Å²) < 4.78 is 10.5. The van der Waals surface area contributed by atoms with Gasteiger partial charge < -0.3 is 20.1 Å². The van der Waals surface area contributed by atoms with E-state index in [2.05, 4.69) is 29.5 Å². The Morgan fingerprint density at radius 3 is 2.39 bits per heavy atom. The Labute approximate surface area is 192 Å². The van der Waals surface area contributed by atoms with E-state index in [0.29, 0.717) is 40.7 Å². The van der Waals surface area contributed by atoms with Crippen molar-refractivity contribution >= 4 is 23.3 Å². The molecular weight excluding hydrogens is 420 g/mol. The zero-order valence-electron chi connectivity index (χ0n) is 19.1. The highest BCUT2D eigenvalue weighted by atomic mass is 16.5. The number of methoxy groups -OCH3 is 2. The maximum atomic E-state index is 12.9. The molecule has 2 aromatic carbocycles. The van der Waals surface area contributed by atoms with Gasteiger partial charge in [-0.2, -0.15) is 5.26 Å². The Bertz CT molecular complexity index is 1180. The fourth-order valence-electron chi connectivity index (χ4n) is 3.35. The third-order valence-electron chi connectivity index (χ3n) is 5.12. The Kier molecular flexibility index (Phi) is 7.46. The van der Waals surface area contributed by atoms with Crippen LogP contribution in [0, 0.1) is 17.2 Å². The van der Waals surface area contributed by atoms with Crippen LogP contribution in [0.2, 0.25) is 0 Å². The van der Waals surface area contributed by atoms with Crippen LogP contribution in [0.3, 0.4) is 0 Å². The number of nitrogens with zero attached hydrogens (tertiary/aromatic N) is 2. The number of nitriles is 1. The van der Waals surface area contributed by atoms with Crippen molar-refractivity contribution in [3.63, 3.8) is 0 Å². The fraction of sp³-hybridized carbons (Fsp3) is 0.280. The van der Waals surface area contributed by atoms with E-state index in [4.69, 9.17) is 9.47 Å². The maximum Gasteiger partial charge on any atom is 0.264 e. The summed E-state index contributed by atoms with van der Waals surface area (Å²) in [6, 6.07) is 13.9. The molecule has 0 unspecified atom stereocenters. The summed E-state index contributed by atoms with van der Waals surface area (Å²) in [4.78, 5) is 30.0. The van der Waals surface area contributed by atoms with Crippen LogP contribution in [-0.2, 0) is 4.79 Å². The van der Waals surface area contributed by atoms with Gasteiger partial charge in [0.2, 0.25) is 0 Å². The number of ether oxygens (including phenoxy) is 2. The minimum absolute atomic E-state index is 0.0958. The number of rotatable bonds is 7. The maximum absolute atomic E-state index is 12.9. The molecule has 1 aliphatic heterocycles. The van der Waals surface area contributed by atoms with Gasteiger partial charge in [0.25, 0.3) is 11.8 Å². The van der Waals surface area contributed by atoms with Gasteiger partial charge in [-0.1, -0.05) is 38.1 Å². The SMILES string of the molecule is COc1ccc(C(=O)NC2=N/C(=C(/C#N)C(=O)NCCC(C)C)c3ccccc32)cc1OC. The quantitative estimate of drug-likeness (QED) is 0.501. The highest BCUT2D eigenvalue weighted by molar-refractivity contribution is 6.20. The minimum Gasteiger partial charge on any atom is -0.493 e. The average molecular weight is 447 g/mol. The van der Waals surface area contributed by atoms with E-state index in [9.17, 15) is 14.9 Å². The second-order valence-corrected chi connectivity index (χ2v) is 7.80. The van der Waals surface area contributed by atoms with Gasteiger partial charge in [0, 0.05) is 23.2 Å². The largest absolute Gasteiger partial charge is 0.493 e. The lowest BCUT2D eigenvalue weighted by molar-refractivity contribution is -0.117. The highest BCUT2D eigenvalue weighted by Gasteiger charge is 2.27. The number of amidine groups is 1. The van der Waals surface area contributed by atoms with E-state index in [1.165, 1.54) is 14.2 Å². The molecule has 0 fully saturated rings. The zero-order valence-corrected chi connectivity index (χ0v) is 19.1. The standard InChI is InChI=1S/C25H26N4O4/c1-15(2)11-12-27-25(31)19(14-26)22-17-7-5-6-8-18(17)23(28-22)29-24(30)16-9-10-20(32-3)21(13-16)33-4/h5-10,13,15H,11-12H2,1-4H3,(H,27,31)(H,28,29,30)/b22-19-. The van der Waals surface area contributed by atoms with Crippen molar-refractivity contribution in [2.75, 3.05) is 20.8 Å². The Hall–Kier alpha value is -4.12. The summed E-state index contributed by atoms with van der Waals surface area (Å²) in [6.07, 6.45) is 0.798. The highest BCUT2D eigenvalue weighted by Crippen LogP contribution is 2.31. The van der Waals surface area contributed by atoms with Crippen molar-refractivity contribution in [1.29, 1.82) is 5.26 Å². The molecule has 0 saturated heterocycles. The molecule has 0 bridgehead atoms. The van der Waals surface area contributed by atoms with Crippen LogP contribution in [0.4, 0.5) is 0 Å². The molecule has 170 valence electrons. The minimum atomic E-state index is -0.487. The molecule has 2 N–H and O–H groups in total. The lowest BCUT2D eigenvalue weighted by Crippen LogP contribution is -2.30. The number of hydrogen-bond acceptors (Lipinski definition) is 6. The number of benzene rings is 2. The monoisotopic (exact) mass is 446 g/mol. The third kappa shape index (κ3) is 5.21. The van der Waals surface area contributed by atoms with E-state index in [1.807, 2.05) is 6.07 Å². The van der Waals surface area contributed by atoms with Crippen LogP contribution in [-0.4, -0.2) is 38.4 Å². The topological polar surface area (TPSA) is 113 Å². The van der Waals surface area contributed by atoms with Gasteiger partial charge in [0.1, 0.15) is 17.5 Å². The number of carbonyl (C=O) groups excluding carboxylic acids is 2. The van der Waals surface area contributed by atoms with Crippen LogP contribution < -0.4 is 20.1 Å². The van der Waals surface area contributed by atoms with E-state index >= 15 is 0 Å². The first-order valence-electron chi connectivity index (χ1n) is 10.5. The normalized spacial score (nSPS) is 13.5. The Morgan fingerprint density at radius 1 is 1.06 bits per heavy atom. The predicted octanol–water partition coefficient (Wildman–Crippen LogP) is 3.29. The van der Waals surface area contributed by atoms with Gasteiger partial charge in [0.15, 0.2) is 11.5 Å². The number of aliphatic imine (C=N–C) groups is 1. The number of nitrogens with one attached hydrogen (secondary N) is 2. The molecule has 2 amide bonds. The van der Waals surface area contributed by atoms with Crippen molar-refractivity contribution in [1.82, 2.24) is 10.6 Å². The number of amides is 2. The summed E-state index contributed by atoms with van der Waals surface area (Å²) in [5.41, 5.74) is 1.72. The average Bonchev–Trinajstić information content (AvgIpc) is 3.16. The van der Waals surface area contributed by atoms with Crippen LogP contribution >= 0.6 is 0 Å². The first kappa shape index (κ1) is 23.5. The lowest BCUT2D eigenvalue weighted by Gasteiger charge is -2.10. The first-order chi connectivity index (χ1) is 15.9. The molecular formula is C25H26N4O4. The molecule has 0 radical (unpaired) electrons. The molecule has 0 saturated carbocycles. The van der Waals surface area contributed by atoms with Gasteiger partial charge in [-0.3, -0.25) is 9.59 Å². The molecule has 8 heteroatoms. The van der Waals surface area contributed by atoms with Gasteiger partial charge >= 0.3 is 0 Å². The molecule has 0 aromatic heterocycles. The summed E-state index contributed by atoms with van der Waals surface area (Å²) in [7, 11) is 3.00. The molecule has 0 aliphatic carbocycles. The van der Waals surface area contributed by atoms with Crippen molar-refractivity contribution in [2.24, 2.45) is 10.9 Å². The van der Waals surface area contributed by atoms with Crippen LogP contribution in [0.5, 0.6) is 11.5 Å². The second kappa shape index (κ2) is 10.5. The zero-order chi connectivity index (χ0) is 24.0. The molecule has 0 spiro atoms. The smallest absolute Gasteiger partial charge is 0.264 e. The second-order valence-electron chi connectivity index (χ2n) is 7.80. The Morgan fingerprint density at radius 2 is 1.76 bits per heavy atom. The van der Waals surface area contributed by atoms with Crippen molar-refractivity contribution in [3.05, 3.63) is 64.7 Å². The van der Waals surface area contributed by atoms with E-state index in [-0.39, 0.29) is 17.1 Å². The summed E-state index contributed by atoms with van der Waals surface area (Å²) in [6.45, 7) is 4.57. The van der Waals surface area contributed by atoms with E-state index < -0.39 is 11.8 Å². The number of fused-ring (bicyclic) bond motifs is 1. The third-order valence-corrected chi connectivity index (χ3v) is 5.12. The summed E-state index contributed by atoms with van der Waals surface area (Å²) in [5.74, 6) is 0.717. The summed E-state index contributed by atoms with van der Waals surface area (Å²) in [5, 5.41) is 15.3. The van der Waals surface area contributed by atoms with E-state index in [0.717, 1.165) is 6.42 Å². The van der Waals surface area contributed by atoms with Crippen molar-refractivity contribution < 1.29 is 19.1 Å². The number of carbonyl (C=O) groups is 2. The fourth-order valence-corrected chi connectivity index (χ4v) is 3.35. The lowest BCUT2D eigenvalue weighted by atomic mass is 10.0. The van der Waals surface area contributed by atoms with Gasteiger partial charge in [-0.25, -0.2) is 4.99 Å². The predicted molar refractivity (Wildman–Crippen MR) is 125 cm³/mol. The van der Waals surface area contributed by atoms with Crippen molar-refractivity contribution in [2.45, 2.75) is 20.3 Å². The van der Waals surface area contributed by atoms with Crippen LogP contribution in [0.15, 0.2) is 53.0 Å². The first-order valence-corrected chi connectivity index (χ1v) is 10.5. The van der Waals surface area contributed by atoms with Gasteiger partial charge in [0.05, 0.1) is 19.9 Å². The van der Waals surface area contributed by atoms with Crippen LogP contribution in [0.25, 0.3) is 5.70 Å². The molecule has 3 rings (SSSR count). The van der Waals surface area contributed by atoms with Crippen molar-refractivity contribution in [3.8, 4) is 17.6 Å². The molecule has 1 heterocycles. The Balaban J connectivity index is 1.92. The molecule has 33 heavy (non-hydrogen) atoms. The summed E-state index contributed by atoms with van der Waals surface area (Å²) >= 11 is 0. The van der Waals surface area contributed by atoms with Gasteiger partial charge in [-0.15, -0.1) is 0 Å².